The van der Waals surface area contributed by atoms with Gasteiger partial charge < -0.3 is 9.72 Å². The zero-order valence-corrected chi connectivity index (χ0v) is 11.3. The van der Waals surface area contributed by atoms with Gasteiger partial charge in [0.1, 0.15) is 5.75 Å². The molecule has 1 heterocycles. The number of aromatic amines is 1. The molecule has 0 radical (unpaired) electrons. The third kappa shape index (κ3) is 2.53. The van der Waals surface area contributed by atoms with E-state index in [0.717, 1.165) is 22.4 Å². The Morgan fingerprint density at radius 2 is 1.84 bits per heavy atom. The van der Waals surface area contributed by atoms with E-state index in [2.05, 4.69) is 29.2 Å². The quantitative estimate of drug-likeness (QED) is 0.795. The zero-order valence-electron chi connectivity index (χ0n) is 10.5. The largest absolute Gasteiger partial charge is 0.497 e. The summed E-state index contributed by atoms with van der Waals surface area (Å²) in [5.41, 5.74) is 3.34. The van der Waals surface area contributed by atoms with Crippen molar-refractivity contribution in [1.82, 2.24) is 4.98 Å². The maximum atomic E-state index is 11.3. The Balaban J connectivity index is 1.89. The van der Waals surface area contributed by atoms with Crippen LogP contribution in [0.15, 0.2) is 47.3 Å². The van der Waals surface area contributed by atoms with Crippen molar-refractivity contribution in [2.75, 3.05) is 7.11 Å². The van der Waals surface area contributed by atoms with E-state index in [1.54, 1.807) is 7.11 Å². The van der Waals surface area contributed by atoms with E-state index in [0.29, 0.717) is 0 Å². The Hall–Kier alpha value is -2.07. The number of rotatable bonds is 3. The monoisotopic (exact) mass is 271 g/mol. The molecule has 3 nitrogen and oxygen atoms in total. The van der Waals surface area contributed by atoms with Crippen LogP contribution in [0.1, 0.15) is 11.1 Å². The molecule has 0 aliphatic heterocycles. The molecule has 3 rings (SSSR count). The second-order valence-electron chi connectivity index (χ2n) is 4.37. The summed E-state index contributed by atoms with van der Waals surface area (Å²) < 4.78 is 6.15. The molecule has 4 heteroatoms. The summed E-state index contributed by atoms with van der Waals surface area (Å²) in [6.07, 6.45) is 0.853. The molecule has 0 aliphatic carbocycles. The Morgan fingerprint density at radius 1 is 1.11 bits per heavy atom. The van der Waals surface area contributed by atoms with Gasteiger partial charge in [-0.3, -0.25) is 4.79 Å². The van der Waals surface area contributed by atoms with E-state index in [-0.39, 0.29) is 4.87 Å². The van der Waals surface area contributed by atoms with Crippen molar-refractivity contribution in [3.63, 3.8) is 0 Å². The zero-order chi connectivity index (χ0) is 13.2. The van der Waals surface area contributed by atoms with Crippen LogP contribution in [0.2, 0.25) is 0 Å². The second-order valence-corrected chi connectivity index (χ2v) is 5.38. The van der Waals surface area contributed by atoms with Crippen LogP contribution in [0.5, 0.6) is 5.75 Å². The number of hydrogen-bond acceptors (Lipinski definition) is 3. The average Bonchev–Trinajstić information content (AvgIpc) is 2.79. The van der Waals surface area contributed by atoms with Crippen LogP contribution < -0.4 is 9.61 Å². The van der Waals surface area contributed by atoms with Gasteiger partial charge in [-0.1, -0.05) is 29.5 Å². The summed E-state index contributed by atoms with van der Waals surface area (Å²) in [5, 5.41) is 0. The maximum absolute atomic E-state index is 11.3. The van der Waals surface area contributed by atoms with Gasteiger partial charge in [0, 0.05) is 0 Å². The first-order valence-corrected chi connectivity index (χ1v) is 6.81. The number of ether oxygens (including phenoxy) is 1. The molecule has 0 aliphatic rings. The molecule has 0 spiro atoms. The van der Waals surface area contributed by atoms with Crippen molar-refractivity contribution < 1.29 is 4.74 Å². The lowest BCUT2D eigenvalue weighted by Crippen LogP contribution is -1.90. The molecule has 0 unspecified atom stereocenters. The predicted octanol–water partition coefficient (Wildman–Crippen LogP) is 3.19. The van der Waals surface area contributed by atoms with E-state index in [9.17, 15) is 4.79 Å². The Labute approximate surface area is 114 Å². The summed E-state index contributed by atoms with van der Waals surface area (Å²) in [6, 6.07) is 14.1. The van der Waals surface area contributed by atoms with Crippen LogP contribution in [0, 0.1) is 0 Å². The minimum absolute atomic E-state index is 0.00315. The summed E-state index contributed by atoms with van der Waals surface area (Å²) in [7, 11) is 1.66. The fourth-order valence-corrected chi connectivity index (χ4v) is 2.88. The number of thiazole rings is 1. The van der Waals surface area contributed by atoms with Gasteiger partial charge in [0.25, 0.3) is 0 Å². The lowest BCUT2D eigenvalue weighted by Gasteiger charge is -2.04. The van der Waals surface area contributed by atoms with Crippen LogP contribution in [0.3, 0.4) is 0 Å². The normalized spacial score (nSPS) is 10.8. The molecule has 3 aromatic rings. The molecule has 2 aromatic carbocycles. The van der Waals surface area contributed by atoms with Gasteiger partial charge in [-0.25, -0.2) is 0 Å². The molecule has 0 saturated carbocycles. The third-order valence-corrected chi connectivity index (χ3v) is 3.90. The first kappa shape index (κ1) is 12.0. The predicted molar refractivity (Wildman–Crippen MR) is 78.2 cm³/mol. The van der Waals surface area contributed by atoms with E-state index >= 15 is 0 Å². The first-order chi connectivity index (χ1) is 9.24. The summed E-state index contributed by atoms with van der Waals surface area (Å²) >= 11 is 1.25. The molecule has 0 atom stereocenters. The molecular formula is C15H13NO2S. The van der Waals surface area contributed by atoms with Gasteiger partial charge >= 0.3 is 4.87 Å². The van der Waals surface area contributed by atoms with Crippen molar-refractivity contribution in [1.29, 1.82) is 0 Å². The number of hydrogen-bond donors (Lipinski definition) is 1. The van der Waals surface area contributed by atoms with Gasteiger partial charge in [-0.15, -0.1) is 0 Å². The van der Waals surface area contributed by atoms with Gasteiger partial charge in [0.15, 0.2) is 0 Å². The highest BCUT2D eigenvalue weighted by Crippen LogP contribution is 2.19. The van der Waals surface area contributed by atoms with Crippen molar-refractivity contribution >= 4 is 21.6 Å². The Morgan fingerprint density at radius 3 is 2.58 bits per heavy atom. The molecule has 1 aromatic heterocycles. The second kappa shape index (κ2) is 4.90. The summed E-state index contributed by atoms with van der Waals surface area (Å²) in [5.74, 6) is 0.864. The SMILES string of the molecule is COc1ccc(Cc2ccc3[nH]c(=O)sc3c2)cc1. The van der Waals surface area contributed by atoms with E-state index in [1.807, 2.05) is 18.2 Å². The first-order valence-electron chi connectivity index (χ1n) is 5.99. The Kier molecular flexibility index (Phi) is 3.09. The lowest BCUT2D eigenvalue weighted by molar-refractivity contribution is 0.414. The van der Waals surface area contributed by atoms with Gasteiger partial charge in [0.2, 0.25) is 0 Å². The van der Waals surface area contributed by atoms with Crippen LogP contribution in [-0.2, 0) is 6.42 Å². The molecule has 96 valence electrons. The van der Waals surface area contributed by atoms with Crippen LogP contribution in [-0.4, -0.2) is 12.1 Å². The topological polar surface area (TPSA) is 42.1 Å². The number of methoxy groups -OCH3 is 1. The number of H-pyrrole nitrogens is 1. The Bertz CT molecular complexity index is 756. The van der Waals surface area contributed by atoms with Crippen LogP contribution in [0.25, 0.3) is 10.2 Å². The van der Waals surface area contributed by atoms with Gasteiger partial charge in [-0.05, 0) is 41.8 Å². The molecule has 0 amide bonds. The van der Waals surface area contributed by atoms with Crippen molar-refractivity contribution in [2.24, 2.45) is 0 Å². The van der Waals surface area contributed by atoms with Crippen molar-refractivity contribution in [3.8, 4) is 5.75 Å². The average molecular weight is 271 g/mol. The van der Waals surface area contributed by atoms with E-state index < -0.39 is 0 Å². The molecule has 1 N–H and O–H groups in total. The van der Waals surface area contributed by atoms with Crippen LogP contribution in [0.4, 0.5) is 0 Å². The lowest BCUT2D eigenvalue weighted by atomic mass is 10.0. The standard InChI is InChI=1S/C15H13NO2S/c1-18-12-5-2-10(3-6-12)8-11-4-7-13-14(9-11)19-15(17)16-13/h2-7,9H,8H2,1H3,(H,16,17). The number of benzene rings is 2. The van der Waals surface area contributed by atoms with Crippen molar-refractivity contribution in [2.45, 2.75) is 6.42 Å². The fraction of sp³-hybridized carbons (Fsp3) is 0.133. The maximum Gasteiger partial charge on any atom is 0.305 e. The van der Waals surface area contributed by atoms with E-state index in [1.165, 1.54) is 22.5 Å². The molecule has 19 heavy (non-hydrogen) atoms. The molecule has 0 saturated heterocycles. The fourth-order valence-electron chi connectivity index (χ4n) is 2.08. The number of aromatic nitrogens is 1. The summed E-state index contributed by atoms with van der Waals surface area (Å²) in [6.45, 7) is 0. The van der Waals surface area contributed by atoms with Gasteiger partial charge in [0.05, 0.1) is 17.3 Å². The summed E-state index contributed by atoms with van der Waals surface area (Å²) in [4.78, 5) is 14.1. The minimum atomic E-state index is -0.00315. The number of fused-ring (bicyclic) bond motifs is 1. The number of nitrogens with one attached hydrogen (secondary N) is 1. The molecular weight excluding hydrogens is 258 g/mol. The third-order valence-electron chi connectivity index (χ3n) is 3.05. The van der Waals surface area contributed by atoms with Crippen LogP contribution >= 0.6 is 11.3 Å². The minimum Gasteiger partial charge on any atom is -0.497 e. The van der Waals surface area contributed by atoms with Gasteiger partial charge in [-0.2, -0.15) is 0 Å². The van der Waals surface area contributed by atoms with Crippen molar-refractivity contribution in [3.05, 3.63) is 63.3 Å². The highest BCUT2D eigenvalue weighted by atomic mass is 32.1. The smallest absolute Gasteiger partial charge is 0.305 e. The molecule has 0 fully saturated rings. The highest BCUT2D eigenvalue weighted by molar-refractivity contribution is 7.16. The molecule has 0 bridgehead atoms. The van der Waals surface area contributed by atoms with E-state index in [4.69, 9.17) is 4.74 Å². The highest BCUT2D eigenvalue weighted by Gasteiger charge is 2.02.